The van der Waals surface area contributed by atoms with E-state index in [1.807, 2.05) is 0 Å². The third-order valence-electron chi connectivity index (χ3n) is 3.38. The van der Waals surface area contributed by atoms with Crippen molar-refractivity contribution in [3.63, 3.8) is 0 Å². The zero-order valence-electron chi connectivity index (χ0n) is 11.0. The Balaban J connectivity index is 1.70. The average Bonchev–Trinajstić information content (AvgIpc) is 2.93. The molecule has 1 nitrogen and oxygen atoms in total. The maximum atomic E-state index is 3.48. The first-order valence-corrected chi connectivity index (χ1v) is 7.52. The van der Waals surface area contributed by atoms with Crippen LogP contribution in [0.3, 0.4) is 0 Å². The van der Waals surface area contributed by atoms with Crippen molar-refractivity contribution in [3.8, 4) is 0 Å². The van der Waals surface area contributed by atoms with E-state index in [4.69, 9.17) is 0 Å². The van der Waals surface area contributed by atoms with Gasteiger partial charge in [0.05, 0.1) is 0 Å². The van der Waals surface area contributed by atoms with E-state index < -0.39 is 0 Å². The largest absolute Gasteiger partial charge is 0.381 e. The summed E-state index contributed by atoms with van der Waals surface area (Å²) in [7, 11) is 0. The first-order valence-electron chi connectivity index (χ1n) is 6.64. The smallest absolute Gasteiger partial charge is 0.0400 e. The molecule has 0 radical (unpaired) electrons. The third-order valence-corrected chi connectivity index (χ3v) is 4.28. The lowest BCUT2D eigenvalue weighted by molar-refractivity contribution is 1.11. The van der Waals surface area contributed by atoms with E-state index in [0.717, 1.165) is 13.0 Å². The lowest BCUT2D eigenvalue weighted by atomic mass is 10.1. The number of aryl methyl sites for hydroxylation is 1. The molecule has 2 heteroatoms. The van der Waals surface area contributed by atoms with E-state index in [9.17, 15) is 0 Å². The number of hydrogen-bond donors (Lipinski definition) is 1. The molecule has 3 aromatic rings. The predicted octanol–water partition coefficient (Wildman–Crippen LogP) is 5.08. The molecule has 0 fully saturated rings. The monoisotopic (exact) mass is 267 g/mol. The van der Waals surface area contributed by atoms with Gasteiger partial charge in [-0.15, -0.1) is 11.3 Å². The highest BCUT2D eigenvalue weighted by Gasteiger charge is 1.98. The minimum Gasteiger partial charge on any atom is -0.381 e. The minimum atomic E-state index is 0.875. The van der Waals surface area contributed by atoms with Crippen molar-refractivity contribution < 1.29 is 0 Å². The van der Waals surface area contributed by atoms with Crippen LogP contribution in [0, 0.1) is 0 Å². The molecule has 1 heterocycles. The molecule has 0 atom stereocenters. The summed E-state index contributed by atoms with van der Waals surface area (Å²) in [5.74, 6) is 0. The predicted molar refractivity (Wildman–Crippen MR) is 85.0 cm³/mol. The highest BCUT2D eigenvalue weighted by molar-refractivity contribution is 7.17. The molecule has 2 aromatic carbocycles. The van der Waals surface area contributed by atoms with Gasteiger partial charge in [-0.2, -0.15) is 0 Å². The van der Waals surface area contributed by atoms with Gasteiger partial charge >= 0.3 is 0 Å². The van der Waals surface area contributed by atoms with Crippen LogP contribution in [0.2, 0.25) is 0 Å². The number of nitrogens with one attached hydrogen (secondary N) is 1. The van der Waals surface area contributed by atoms with Crippen LogP contribution in [-0.4, -0.2) is 0 Å². The molecular formula is C17H17NS. The van der Waals surface area contributed by atoms with Crippen LogP contribution in [0.15, 0.2) is 53.9 Å². The fraction of sp³-hybridized carbons (Fsp3) is 0.176. The SMILES string of the molecule is CCc1ccc(CNc2ccc3sccc3c2)cc1. The Kier molecular flexibility index (Phi) is 3.51. The van der Waals surface area contributed by atoms with Crippen LogP contribution in [0.25, 0.3) is 10.1 Å². The summed E-state index contributed by atoms with van der Waals surface area (Å²) >= 11 is 1.79. The summed E-state index contributed by atoms with van der Waals surface area (Å²) in [6.45, 7) is 3.06. The van der Waals surface area contributed by atoms with E-state index in [-0.39, 0.29) is 0 Å². The highest BCUT2D eigenvalue weighted by Crippen LogP contribution is 2.24. The molecule has 0 aliphatic heterocycles. The van der Waals surface area contributed by atoms with Gasteiger partial charge in [0, 0.05) is 16.9 Å². The molecule has 0 aliphatic carbocycles. The second kappa shape index (κ2) is 5.45. The Morgan fingerprint density at radius 3 is 2.53 bits per heavy atom. The summed E-state index contributed by atoms with van der Waals surface area (Å²) in [5, 5.41) is 6.94. The number of hydrogen-bond acceptors (Lipinski definition) is 2. The lowest BCUT2D eigenvalue weighted by Gasteiger charge is -2.07. The number of rotatable bonds is 4. The molecule has 19 heavy (non-hydrogen) atoms. The molecule has 96 valence electrons. The summed E-state index contributed by atoms with van der Waals surface area (Å²) in [4.78, 5) is 0. The lowest BCUT2D eigenvalue weighted by Crippen LogP contribution is -1.99. The topological polar surface area (TPSA) is 12.0 Å². The molecule has 1 N–H and O–H groups in total. The zero-order chi connectivity index (χ0) is 13.1. The highest BCUT2D eigenvalue weighted by atomic mass is 32.1. The summed E-state index contributed by atoms with van der Waals surface area (Å²) < 4.78 is 1.35. The number of fused-ring (bicyclic) bond motifs is 1. The van der Waals surface area contributed by atoms with Crippen molar-refractivity contribution in [1.82, 2.24) is 0 Å². The minimum absolute atomic E-state index is 0.875. The van der Waals surface area contributed by atoms with E-state index in [0.29, 0.717) is 0 Å². The van der Waals surface area contributed by atoms with Gasteiger partial charge in [-0.25, -0.2) is 0 Å². The van der Waals surface area contributed by atoms with Crippen molar-refractivity contribution in [2.75, 3.05) is 5.32 Å². The van der Waals surface area contributed by atoms with Crippen molar-refractivity contribution in [1.29, 1.82) is 0 Å². The standard InChI is InChI=1S/C17H17NS/c1-2-13-3-5-14(6-4-13)12-18-16-7-8-17-15(11-16)9-10-19-17/h3-11,18H,2,12H2,1H3. The fourth-order valence-corrected chi connectivity index (χ4v) is 2.94. The Morgan fingerprint density at radius 1 is 0.947 bits per heavy atom. The van der Waals surface area contributed by atoms with Crippen molar-refractivity contribution in [3.05, 3.63) is 65.0 Å². The molecule has 0 saturated carbocycles. The van der Waals surface area contributed by atoms with Crippen LogP contribution in [0.5, 0.6) is 0 Å². The molecule has 0 spiro atoms. The number of benzene rings is 2. The maximum Gasteiger partial charge on any atom is 0.0400 e. The van der Waals surface area contributed by atoms with Gasteiger partial charge in [-0.05, 0) is 52.6 Å². The molecule has 1 aromatic heterocycles. The second-order valence-electron chi connectivity index (χ2n) is 4.70. The van der Waals surface area contributed by atoms with Crippen molar-refractivity contribution in [2.24, 2.45) is 0 Å². The van der Waals surface area contributed by atoms with E-state index >= 15 is 0 Å². The van der Waals surface area contributed by atoms with Crippen molar-refractivity contribution >= 4 is 27.1 Å². The normalized spacial score (nSPS) is 10.8. The van der Waals surface area contributed by atoms with Crippen LogP contribution in [-0.2, 0) is 13.0 Å². The molecule has 3 rings (SSSR count). The van der Waals surface area contributed by atoms with Crippen LogP contribution >= 0.6 is 11.3 Å². The van der Waals surface area contributed by atoms with Crippen LogP contribution in [0.4, 0.5) is 5.69 Å². The number of anilines is 1. The Bertz CT molecular complexity index is 667. The van der Waals surface area contributed by atoms with E-state index in [1.165, 1.54) is 26.9 Å². The fourth-order valence-electron chi connectivity index (χ4n) is 2.17. The second-order valence-corrected chi connectivity index (χ2v) is 5.64. The first kappa shape index (κ1) is 12.2. The van der Waals surface area contributed by atoms with Gasteiger partial charge < -0.3 is 5.32 Å². The first-order chi connectivity index (χ1) is 9.35. The van der Waals surface area contributed by atoms with Gasteiger partial charge in [-0.1, -0.05) is 31.2 Å². The molecule has 0 unspecified atom stereocenters. The van der Waals surface area contributed by atoms with Crippen molar-refractivity contribution in [2.45, 2.75) is 19.9 Å². The molecule has 0 amide bonds. The molecular weight excluding hydrogens is 250 g/mol. The average molecular weight is 267 g/mol. The van der Waals surface area contributed by atoms with E-state index in [1.54, 1.807) is 11.3 Å². The molecule has 0 saturated heterocycles. The summed E-state index contributed by atoms with van der Waals surface area (Å²) in [5.41, 5.74) is 3.90. The summed E-state index contributed by atoms with van der Waals surface area (Å²) in [6, 6.07) is 17.5. The summed E-state index contributed by atoms with van der Waals surface area (Å²) in [6.07, 6.45) is 1.10. The Morgan fingerprint density at radius 2 is 1.74 bits per heavy atom. The molecule has 0 bridgehead atoms. The van der Waals surface area contributed by atoms with Crippen LogP contribution < -0.4 is 5.32 Å². The van der Waals surface area contributed by atoms with Gasteiger partial charge in [0.25, 0.3) is 0 Å². The van der Waals surface area contributed by atoms with Gasteiger partial charge in [0.2, 0.25) is 0 Å². The zero-order valence-corrected chi connectivity index (χ0v) is 11.8. The van der Waals surface area contributed by atoms with Gasteiger partial charge in [0.15, 0.2) is 0 Å². The van der Waals surface area contributed by atoms with Gasteiger partial charge in [-0.3, -0.25) is 0 Å². The van der Waals surface area contributed by atoms with E-state index in [2.05, 4.69) is 66.2 Å². The maximum absolute atomic E-state index is 3.48. The Labute approximate surface area is 117 Å². The quantitative estimate of drug-likeness (QED) is 0.695. The molecule has 0 aliphatic rings. The Hall–Kier alpha value is -1.80. The number of thiophene rings is 1. The van der Waals surface area contributed by atoms with Gasteiger partial charge in [0.1, 0.15) is 0 Å². The third kappa shape index (κ3) is 2.79. The van der Waals surface area contributed by atoms with Crippen LogP contribution in [0.1, 0.15) is 18.1 Å².